The fourth-order valence-corrected chi connectivity index (χ4v) is 5.64. The number of amides is 1. The van der Waals surface area contributed by atoms with Gasteiger partial charge in [-0.2, -0.15) is 4.31 Å². The molecule has 0 bridgehead atoms. The van der Waals surface area contributed by atoms with Crippen LogP contribution in [0.4, 0.5) is 0 Å². The van der Waals surface area contributed by atoms with Crippen LogP contribution in [0.2, 0.25) is 0 Å². The molecule has 2 atom stereocenters. The molecule has 0 saturated carbocycles. The van der Waals surface area contributed by atoms with E-state index in [0.29, 0.717) is 57.3 Å². The molecular formula is C19H29N3O4S. The van der Waals surface area contributed by atoms with Crippen molar-refractivity contribution < 1.29 is 17.9 Å². The first kappa shape index (κ1) is 20.3. The number of ether oxygens (including phenoxy) is 1. The monoisotopic (exact) mass is 395 g/mol. The van der Waals surface area contributed by atoms with Crippen molar-refractivity contribution >= 4 is 15.9 Å². The van der Waals surface area contributed by atoms with Crippen LogP contribution in [0.1, 0.15) is 36.2 Å². The first-order valence-electron chi connectivity index (χ1n) is 9.60. The van der Waals surface area contributed by atoms with Gasteiger partial charge in [-0.05, 0) is 49.9 Å². The van der Waals surface area contributed by atoms with Gasteiger partial charge in [0.05, 0.1) is 18.1 Å². The minimum Gasteiger partial charge on any atom is -0.379 e. The van der Waals surface area contributed by atoms with Gasteiger partial charge >= 0.3 is 0 Å². The van der Waals surface area contributed by atoms with Gasteiger partial charge in [0.25, 0.3) is 5.91 Å². The lowest BCUT2D eigenvalue weighted by atomic mass is 10.1. The third kappa shape index (κ3) is 4.03. The van der Waals surface area contributed by atoms with Crippen molar-refractivity contribution in [1.82, 2.24) is 9.21 Å². The molecule has 150 valence electrons. The van der Waals surface area contributed by atoms with Gasteiger partial charge in [0.15, 0.2) is 0 Å². The Hall–Kier alpha value is -1.48. The highest BCUT2D eigenvalue weighted by Gasteiger charge is 2.34. The Labute approximate surface area is 161 Å². The predicted octanol–water partition coefficient (Wildman–Crippen LogP) is 1.08. The normalized spacial score (nSPS) is 24.3. The van der Waals surface area contributed by atoms with Crippen LogP contribution in [0.25, 0.3) is 0 Å². The summed E-state index contributed by atoms with van der Waals surface area (Å²) in [6.45, 7) is 6.58. The molecule has 2 heterocycles. The summed E-state index contributed by atoms with van der Waals surface area (Å²) in [7, 11) is -3.65. The number of sulfonamides is 1. The number of morpholine rings is 1. The lowest BCUT2D eigenvalue weighted by molar-refractivity contribution is 0.0728. The van der Waals surface area contributed by atoms with E-state index in [1.165, 1.54) is 4.31 Å². The molecule has 0 radical (unpaired) electrons. The highest BCUT2D eigenvalue weighted by atomic mass is 32.2. The number of nitrogens with two attached hydrogens (primary N) is 1. The number of nitrogens with zero attached hydrogens (tertiary/aromatic N) is 2. The van der Waals surface area contributed by atoms with Crippen LogP contribution in [0.15, 0.2) is 23.1 Å². The standard InChI is InChI=1S/C19H29N3O4S/c1-3-16-4-5-17(19(23)22-13-15(12-20)10-14(22)2)11-18(16)27(24,25)21-6-8-26-9-7-21/h4-5,11,14-15H,3,6-10,12-13,20H2,1-2H3. The Morgan fingerprint density at radius 2 is 2.00 bits per heavy atom. The molecule has 1 aromatic carbocycles. The minimum atomic E-state index is -3.65. The summed E-state index contributed by atoms with van der Waals surface area (Å²) < 4.78 is 33.0. The number of hydrogen-bond acceptors (Lipinski definition) is 5. The van der Waals surface area contributed by atoms with Crippen LogP contribution in [-0.4, -0.2) is 69.0 Å². The molecule has 1 amide bonds. The molecule has 0 aromatic heterocycles. The number of carbonyl (C=O) groups is 1. The molecule has 0 aliphatic carbocycles. The molecule has 2 N–H and O–H groups in total. The molecule has 2 fully saturated rings. The summed E-state index contributed by atoms with van der Waals surface area (Å²) in [6, 6.07) is 5.16. The topological polar surface area (TPSA) is 92.9 Å². The number of rotatable bonds is 5. The van der Waals surface area contributed by atoms with E-state index in [1.807, 2.05) is 18.7 Å². The lowest BCUT2D eigenvalue weighted by Gasteiger charge is -2.27. The van der Waals surface area contributed by atoms with E-state index in [9.17, 15) is 13.2 Å². The Morgan fingerprint density at radius 3 is 2.59 bits per heavy atom. The summed E-state index contributed by atoms with van der Waals surface area (Å²) in [4.78, 5) is 15.1. The molecular weight excluding hydrogens is 366 g/mol. The van der Waals surface area contributed by atoms with Crippen molar-refractivity contribution in [3.63, 3.8) is 0 Å². The molecule has 8 heteroatoms. The van der Waals surface area contributed by atoms with E-state index in [0.717, 1.165) is 12.0 Å². The maximum absolute atomic E-state index is 13.2. The smallest absolute Gasteiger partial charge is 0.254 e. The largest absolute Gasteiger partial charge is 0.379 e. The van der Waals surface area contributed by atoms with Crippen LogP contribution < -0.4 is 5.73 Å². The fourth-order valence-electron chi connectivity index (χ4n) is 3.91. The third-order valence-corrected chi connectivity index (χ3v) is 7.52. The second-order valence-electron chi connectivity index (χ2n) is 7.34. The maximum Gasteiger partial charge on any atom is 0.254 e. The fraction of sp³-hybridized carbons (Fsp3) is 0.632. The minimum absolute atomic E-state index is 0.108. The summed E-state index contributed by atoms with van der Waals surface area (Å²) in [5.74, 6) is 0.176. The number of hydrogen-bond donors (Lipinski definition) is 1. The summed E-state index contributed by atoms with van der Waals surface area (Å²) in [6.07, 6.45) is 1.47. The molecule has 3 rings (SSSR count). The van der Waals surface area contributed by atoms with Crippen molar-refractivity contribution in [2.24, 2.45) is 11.7 Å². The number of aryl methyl sites for hydroxylation is 1. The van der Waals surface area contributed by atoms with E-state index in [1.54, 1.807) is 18.2 Å². The zero-order valence-corrected chi connectivity index (χ0v) is 16.9. The molecule has 7 nitrogen and oxygen atoms in total. The summed E-state index contributed by atoms with van der Waals surface area (Å²) in [5, 5.41) is 0. The SMILES string of the molecule is CCc1ccc(C(=O)N2CC(CN)CC2C)cc1S(=O)(=O)N1CCOCC1. The maximum atomic E-state index is 13.2. The first-order valence-corrected chi connectivity index (χ1v) is 11.0. The van der Waals surface area contributed by atoms with Crippen molar-refractivity contribution in [3.8, 4) is 0 Å². The number of benzene rings is 1. The Kier molecular flexibility index (Phi) is 6.20. The van der Waals surface area contributed by atoms with Gasteiger partial charge in [0.2, 0.25) is 10.0 Å². The number of carbonyl (C=O) groups excluding carboxylic acids is 1. The van der Waals surface area contributed by atoms with Crippen LogP contribution in [0, 0.1) is 5.92 Å². The second kappa shape index (κ2) is 8.26. The molecule has 2 aliphatic heterocycles. The average molecular weight is 396 g/mol. The number of likely N-dealkylation sites (tertiary alicyclic amines) is 1. The Balaban J connectivity index is 1.93. The van der Waals surface area contributed by atoms with E-state index < -0.39 is 10.0 Å². The molecule has 2 aliphatic rings. The van der Waals surface area contributed by atoms with Crippen molar-refractivity contribution in [2.45, 2.75) is 37.6 Å². The molecule has 0 spiro atoms. The highest BCUT2D eigenvalue weighted by Crippen LogP contribution is 2.27. The zero-order valence-electron chi connectivity index (χ0n) is 16.1. The predicted molar refractivity (Wildman–Crippen MR) is 103 cm³/mol. The van der Waals surface area contributed by atoms with Gasteiger partial charge in [-0.25, -0.2) is 8.42 Å². The van der Waals surface area contributed by atoms with E-state index in [4.69, 9.17) is 10.5 Å². The van der Waals surface area contributed by atoms with E-state index >= 15 is 0 Å². The molecule has 27 heavy (non-hydrogen) atoms. The van der Waals surface area contributed by atoms with E-state index in [2.05, 4.69) is 0 Å². The van der Waals surface area contributed by atoms with Gasteiger partial charge in [-0.1, -0.05) is 13.0 Å². The Morgan fingerprint density at radius 1 is 1.30 bits per heavy atom. The summed E-state index contributed by atoms with van der Waals surface area (Å²) in [5.41, 5.74) is 6.91. The van der Waals surface area contributed by atoms with Crippen LogP contribution in [0.5, 0.6) is 0 Å². The van der Waals surface area contributed by atoms with Crippen LogP contribution in [-0.2, 0) is 21.2 Å². The van der Waals surface area contributed by atoms with E-state index in [-0.39, 0.29) is 16.8 Å². The van der Waals surface area contributed by atoms with Crippen LogP contribution >= 0.6 is 0 Å². The zero-order chi connectivity index (χ0) is 19.6. The second-order valence-corrected chi connectivity index (χ2v) is 9.24. The van der Waals surface area contributed by atoms with Gasteiger partial charge in [-0.15, -0.1) is 0 Å². The average Bonchev–Trinajstić information content (AvgIpc) is 3.08. The van der Waals surface area contributed by atoms with Gasteiger partial charge in [0, 0.05) is 31.2 Å². The molecule has 2 saturated heterocycles. The molecule has 2 unspecified atom stereocenters. The molecule has 1 aromatic rings. The van der Waals surface area contributed by atoms with Crippen molar-refractivity contribution in [2.75, 3.05) is 39.4 Å². The quantitative estimate of drug-likeness (QED) is 0.805. The van der Waals surface area contributed by atoms with Gasteiger partial charge < -0.3 is 15.4 Å². The Bertz CT molecular complexity index is 790. The summed E-state index contributed by atoms with van der Waals surface area (Å²) >= 11 is 0. The van der Waals surface area contributed by atoms with Crippen molar-refractivity contribution in [1.29, 1.82) is 0 Å². The van der Waals surface area contributed by atoms with Crippen LogP contribution in [0.3, 0.4) is 0 Å². The van der Waals surface area contributed by atoms with Gasteiger partial charge in [0.1, 0.15) is 0 Å². The van der Waals surface area contributed by atoms with Crippen molar-refractivity contribution in [3.05, 3.63) is 29.3 Å². The third-order valence-electron chi connectivity index (χ3n) is 5.54. The highest BCUT2D eigenvalue weighted by molar-refractivity contribution is 7.89. The lowest BCUT2D eigenvalue weighted by Crippen LogP contribution is -2.41. The van der Waals surface area contributed by atoms with Gasteiger partial charge in [-0.3, -0.25) is 4.79 Å². The first-order chi connectivity index (χ1) is 12.9.